The number of aryl methyl sites for hydroxylation is 1. The molecule has 1 fully saturated rings. The minimum Gasteiger partial charge on any atom is -0.491 e. The lowest BCUT2D eigenvalue weighted by molar-refractivity contribution is -0.121. The van der Waals surface area contributed by atoms with E-state index in [0.29, 0.717) is 30.5 Å². The van der Waals surface area contributed by atoms with Gasteiger partial charge in [0, 0.05) is 6.04 Å². The van der Waals surface area contributed by atoms with E-state index in [4.69, 9.17) is 10.5 Å². The zero-order valence-electron chi connectivity index (χ0n) is 10.0. The number of nitrogen functional groups attached to an aromatic ring is 1. The Kier molecular flexibility index (Phi) is 3.52. The van der Waals surface area contributed by atoms with Crippen LogP contribution in [-0.2, 0) is 4.79 Å². The Morgan fingerprint density at radius 1 is 1.53 bits per heavy atom. The van der Waals surface area contributed by atoms with Gasteiger partial charge >= 0.3 is 0 Å². The number of hydrogen-bond acceptors (Lipinski definition) is 3. The van der Waals surface area contributed by atoms with Gasteiger partial charge in [-0.05, 0) is 37.5 Å². The molecular formula is C13H18N2O2. The van der Waals surface area contributed by atoms with Gasteiger partial charge in [0.25, 0.3) is 0 Å². The summed E-state index contributed by atoms with van der Waals surface area (Å²) < 4.78 is 5.50. The zero-order valence-corrected chi connectivity index (χ0v) is 10.0. The number of benzene rings is 1. The van der Waals surface area contributed by atoms with Crippen molar-refractivity contribution in [1.29, 1.82) is 0 Å². The van der Waals surface area contributed by atoms with E-state index in [0.717, 1.165) is 18.4 Å². The van der Waals surface area contributed by atoms with Crippen molar-refractivity contribution in [2.45, 2.75) is 32.2 Å². The molecular weight excluding hydrogens is 216 g/mol. The molecule has 0 saturated heterocycles. The maximum absolute atomic E-state index is 11.4. The predicted octanol–water partition coefficient (Wildman–Crippen LogP) is 1.62. The van der Waals surface area contributed by atoms with E-state index >= 15 is 0 Å². The van der Waals surface area contributed by atoms with Crippen LogP contribution in [0.4, 0.5) is 5.69 Å². The van der Waals surface area contributed by atoms with Crippen molar-refractivity contribution < 1.29 is 9.53 Å². The van der Waals surface area contributed by atoms with Gasteiger partial charge in [-0.2, -0.15) is 0 Å². The summed E-state index contributed by atoms with van der Waals surface area (Å²) in [6, 6.07) is 6.04. The van der Waals surface area contributed by atoms with Crippen LogP contribution in [0.25, 0.3) is 0 Å². The summed E-state index contributed by atoms with van der Waals surface area (Å²) in [5.41, 5.74) is 7.48. The molecule has 0 bridgehead atoms. The van der Waals surface area contributed by atoms with Crippen LogP contribution >= 0.6 is 0 Å². The lowest BCUT2D eigenvalue weighted by atomic mass is 10.2. The van der Waals surface area contributed by atoms with Crippen molar-refractivity contribution in [3.8, 4) is 5.75 Å². The Bertz CT molecular complexity index is 414. The lowest BCUT2D eigenvalue weighted by Gasteiger charge is -2.09. The molecule has 0 aromatic heterocycles. The molecule has 1 aromatic carbocycles. The predicted molar refractivity (Wildman–Crippen MR) is 66.9 cm³/mol. The third-order valence-corrected chi connectivity index (χ3v) is 2.70. The molecule has 17 heavy (non-hydrogen) atoms. The maximum atomic E-state index is 11.4. The quantitative estimate of drug-likeness (QED) is 0.761. The van der Waals surface area contributed by atoms with Gasteiger partial charge in [0.2, 0.25) is 5.91 Å². The fraction of sp³-hybridized carbons (Fsp3) is 0.462. The first-order valence-corrected chi connectivity index (χ1v) is 5.93. The number of ether oxygens (including phenoxy) is 1. The minimum absolute atomic E-state index is 0.0544. The van der Waals surface area contributed by atoms with Gasteiger partial charge < -0.3 is 15.8 Å². The van der Waals surface area contributed by atoms with Gasteiger partial charge in [0.1, 0.15) is 5.75 Å². The first kappa shape index (κ1) is 11.8. The van der Waals surface area contributed by atoms with Crippen molar-refractivity contribution in [2.75, 3.05) is 12.3 Å². The molecule has 0 spiro atoms. The van der Waals surface area contributed by atoms with Crippen LogP contribution in [0.1, 0.15) is 24.8 Å². The van der Waals surface area contributed by atoms with Crippen molar-refractivity contribution in [3.05, 3.63) is 23.8 Å². The average Bonchev–Trinajstić information content (AvgIpc) is 3.07. The second kappa shape index (κ2) is 5.08. The fourth-order valence-electron chi connectivity index (χ4n) is 1.55. The second-order valence-corrected chi connectivity index (χ2v) is 4.48. The van der Waals surface area contributed by atoms with Gasteiger partial charge in [-0.15, -0.1) is 0 Å². The molecule has 92 valence electrons. The monoisotopic (exact) mass is 234 g/mol. The van der Waals surface area contributed by atoms with Gasteiger partial charge in [-0.25, -0.2) is 0 Å². The number of anilines is 1. The van der Waals surface area contributed by atoms with Crippen LogP contribution in [0.3, 0.4) is 0 Å². The first-order valence-electron chi connectivity index (χ1n) is 5.93. The lowest BCUT2D eigenvalue weighted by Crippen LogP contribution is -2.26. The summed E-state index contributed by atoms with van der Waals surface area (Å²) in [5.74, 6) is 0.711. The van der Waals surface area contributed by atoms with E-state index in [1.54, 1.807) is 0 Å². The Morgan fingerprint density at radius 3 is 3.00 bits per heavy atom. The van der Waals surface area contributed by atoms with Crippen LogP contribution in [0, 0.1) is 6.92 Å². The summed E-state index contributed by atoms with van der Waals surface area (Å²) in [7, 11) is 0. The van der Waals surface area contributed by atoms with E-state index in [1.807, 2.05) is 25.1 Å². The largest absolute Gasteiger partial charge is 0.491 e. The van der Waals surface area contributed by atoms with Gasteiger partial charge in [-0.3, -0.25) is 4.79 Å². The molecule has 4 heteroatoms. The highest BCUT2D eigenvalue weighted by Gasteiger charge is 2.22. The minimum atomic E-state index is 0.0544. The van der Waals surface area contributed by atoms with Crippen LogP contribution in [0.5, 0.6) is 5.75 Å². The van der Waals surface area contributed by atoms with Crippen LogP contribution in [-0.4, -0.2) is 18.6 Å². The van der Waals surface area contributed by atoms with Gasteiger partial charge in [0.15, 0.2) is 0 Å². The molecule has 1 amide bonds. The molecule has 3 N–H and O–H groups in total. The smallest absolute Gasteiger partial charge is 0.223 e. The van der Waals surface area contributed by atoms with Crippen molar-refractivity contribution in [1.82, 2.24) is 5.32 Å². The topological polar surface area (TPSA) is 64.3 Å². The third-order valence-electron chi connectivity index (χ3n) is 2.70. The Balaban J connectivity index is 1.76. The molecule has 2 rings (SSSR count). The third kappa shape index (κ3) is 3.66. The van der Waals surface area contributed by atoms with E-state index in [-0.39, 0.29) is 5.91 Å². The normalized spacial score (nSPS) is 14.4. The molecule has 1 aliphatic carbocycles. The highest BCUT2D eigenvalue weighted by Crippen LogP contribution is 2.22. The molecule has 1 saturated carbocycles. The SMILES string of the molecule is Cc1ccc(N)c(OCCC(=O)NC2CC2)c1. The summed E-state index contributed by atoms with van der Waals surface area (Å²) in [5, 5.41) is 2.92. The maximum Gasteiger partial charge on any atom is 0.223 e. The number of nitrogens with one attached hydrogen (secondary N) is 1. The van der Waals surface area contributed by atoms with E-state index in [1.165, 1.54) is 0 Å². The van der Waals surface area contributed by atoms with Crippen molar-refractivity contribution in [2.24, 2.45) is 0 Å². The number of nitrogens with two attached hydrogens (primary N) is 1. The van der Waals surface area contributed by atoms with E-state index in [9.17, 15) is 4.79 Å². The Hall–Kier alpha value is -1.71. The molecule has 0 aliphatic heterocycles. The summed E-state index contributed by atoms with van der Waals surface area (Å²) in [6.45, 7) is 2.35. The average molecular weight is 234 g/mol. The van der Waals surface area contributed by atoms with Crippen LogP contribution in [0.2, 0.25) is 0 Å². The number of carbonyl (C=O) groups excluding carboxylic acids is 1. The standard InChI is InChI=1S/C13H18N2O2/c1-9-2-5-11(14)12(8-9)17-7-6-13(16)15-10-3-4-10/h2,5,8,10H,3-4,6-7,14H2,1H3,(H,15,16). The molecule has 1 aliphatic rings. The molecule has 1 aromatic rings. The summed E-state index contributed by atoms with van der Waals surface area (Å²) in [6.07, 6.45) is 2.60. The summed E-state index contributed by atoms with van der Waals surface area (Å²) >= 11 is 0. The number of carbonyl (C=O) groups is 1. The first-order chi connectivity index (χ1) is 8.15. The molecule has 0 radical (unpaired) electrons. The van der Waals surface area contributed by atoms with Crippen molar-refractivity contribution in [3.63, 3.8) is 0 Å². The van der Waals surface area contributed by atoms with Gasteiger partial charge in [0.05, 0.1) is 18.7 Å². The molecule has 4 nitrogen and oxygen atoms in total. The second-order valence-electron chi connectivity index (χ2n) is 4.48. The van der Waals surface area contributed by atoms with Crippen LogP contribution in [0.15, 0.2) is 18.2 Å². The van der Waals surface area contributed by atoms with Crippen molar-refractivity contribution >= 4 is 11.6 Å². The molecule has 0 heterocycles. The highest BCUT2D eigenvalue weighted by atomic mass is 16.5. The Morgan fingerprint density at radius 2 is 2.29 bits per heavy atom. The summed E-state index contributed by atoms with van der Waals surface area (Å²) in [4.78, 5) is 11.4. The number of hydrogen-bond donors (Lipinski definition) is 2. The highest BCUT2D eigenvalue weighted by molar-refractivity contribution is 5.76. The van der Waals surface area contributed by atoms with E-state index in [2.05, 4.69) is 5.32 Å². The molecule has 0 unspecified atom stereocenters. The van der Waals surface area contributed by atoms with E-state index < -0.39 is 0 Å². The zero-order chi connectivity index (χ0) is 12.3. The molecule has 0 atom stereocenters. The Labute approximate surface area is 101 Å². The fourth-order valence-corrected chi connectivity index (χ4v) is 1.55. The number of rotatable bonds is 5. The van der Waals surface area contributed by atoms with Gasteiger partial charge in [-0.1, -0.05) is 6.07 Å². The number of amides is 1. The van der Waals surface area contributed by atoms with Crippen LogP contribution < -0.4 is 15.8 Å².